The molecule has 0 radical (unpaired) electrons. The maximum Gasteiger partial charge on any atom is 0.268 e. The molecule has 3 aromatic rings. The number of halogens is 1. The second-order valence-corrected chi connectivity index (χ2v) is 6.65. The molecule has 0 unspecified atom stereocenters. The number of benzene rings is 1. The van der Waals surface area contributed by atoms with E-state index in [1.54, 1.807) is 36.0 Å². The van der Waals surface area contributed by atoms with Gasteiger partial charge in [0, 0.05) is 17.7 Å². The number of aromatic nitrogens is 3. The van der Waals surface area contributed by atoms with Gasteiger partial charge in [-0.2, -0.15) is 5.10 Å². The quantitative estimate of drug-likeness (QED) is 0.768. The van der Waals surface area contributed by atoms with Crippen molar-refractivity contribution in [2.75, 3.05) is 5.32 Å². The van der Waals surface area contributed by atoms with Crippen molar-refractivity contribution in [3.8, 4) is 10.6 Å². The molecule has 0 aliphatic carbocycles. The Labute approximate surface area is 143 Å². The van der Waals surface area contributed by atoms with Gasteiger partial charge in [-0.3, -0.25) is 4.79 Å². The van der Waals surface area contributed by atoms with E-state index in [0.717, 1.165) is 5.56 Å². The Hall–Kier alpha value is -2.54. The normalized spacial score (nSPS) is 11.0. The van der Waals surface area contributed by atoms with E-state index in [0.29, 0.717) is 21.4 Å². The van der Waals surface area contributed by atoms with Crippen molar-refractivity contribution in [2.45, 2.75) is 26.8 Å². The van der Waals surface area contributed by atoms with E-state index < -0.39 is 0 Å². The van der Waals surface area contributed by atoms with E-state index in [9.17, 15) is 9.18 Å². The van der Waals surface area contributed by atoms with Crippen LogP contribution in [-0.4, -0.2) is 20.7 Å². The molecule has 0 aliphatic rings. The zero-order valence-electron chi connectivity index (χ0n) is 13.6. The molecule has 3 rings (SSSR count). The van der Waals surface area contributed by atoms with E-state index >= 15 is 0 Å². The number of rotatable bonds is 4. The Kier molecular flexibility index (Phi) is 4.44. The zero-order chi connectivity index (χ0) is 17.3. The van der Waals surface area contributed by atoms with Crippen LogP contribution in [0.2, 0.25) is 0 Å². The molecule has 5 nitrogen and oxygen atoms in total. The molecule has 124 valence electrons. The van der Waals surface area contributed by atoms with Crippen molar-refractivity contribution in [3.05, 3.63) is 52.9 Å². The predicted molar refractivity (Wildman–Crippen MR) is 92.8 cm³/mol. The molecule has 0 saturated carbocycles. The summed E-state index contributed by atoms with van der Waals surface area (Å²) in [6, 6.07) is 7.98. The van der Waals surface area contributed by atoms with Crippen LogP contribution in [0.5, 0.6) is 0 Å². The maximum absolute atomic E-state index is 13.0. The lowest BCUT2D eigenvalue weighted by Crippen LogP contribution is -2.16. The lowest BCUT2D eigenvalue weighted by molar-refractivity contribution is 0.102. The Morgan fingerprint density at radius 3 is 2.62 bits per heavy atom. The molecule has 0 saturated heterocycles. The summed E-state index contributed by atoms with van der Waals surface area (Å²) in [4.78, 5) is 17.5. The Morgan fingerprint density at radius 2 is 1.96 bits per heavy atom. The first-order valence-corrected chi connectivity index (χ1v) is 8.35. The molecule has 7 heteroatoms. The maximum atomic E-state index is 13.0. The molecule has 2 aromatic heterocycles. The third-order valence-electron chi connectivity index (χ3n) is 3.50. The molecule has 0 atom stereocenters. The summed E-state index contributed by atoms with van der Waals surface area (Å²) in [6.07, 6.45) is 1.65. The SMILES string of the molecule is Cc1nc(-c2ccc(F)cc2)sc1C(=O)Nc1ccnn1C(C)C. The van der Waals surface area contributed by atoms with Crippen molar-refractivity contribution in [1.29, 1.82) is 0 Å². The number of nitrogens with zero attached hydrogens (tertiary/aromatic N) is 3. The van der Waals surface area contributed by atoms with Crippen LogP contribution in [-0.2, 0) is 0 Å². The average molecular weight is 344 g/mol. The summed E-state index contributed by atoms with van der Waals surface area (Å²) in [5.41, 5.74) is 1.43. The summed E-state index contributed by atoms with van der Waals surface area (Å²) in [6.45, 7) is 5.78. The molecular formula is C17H17FN4OS. The molecule has 0 fully saturated rings. The lowest BCUT2D eigenvalue weighted by atomic mass is 10.2. The van der Waals surface area contributed by atoms with Gasteiger partial charge >= 0.3 is 0 Å². The highest BCUT2D eigenvalue weighted by atomic mass is 32.1. The van der Waals surface area contributed by atoms with Gasteiger partial charge < -0.3 is 5.32 Å². The molecule has 1 aromatic carbocycles. The third-order valence-corrected chi connectivity index (χ3v) is 4.70. The van der Waals surface area contributed by atoms with E-state index in [1.165, 1.54) is 23.5 Å². The van der Waals surface area contributed by atoms with Crippen LogP contribution in [0.15, 0.2) is 36.5 Å². The zero-order valence-corrected chi connectivity index (χ0v) is 14.4. The fourth-order valence-electron chi connectivity index (χ4n) is 2.32. The van der Waals surface area contributed by atoms with Gasteiger partial charge in [-0.25, -0.2) is 14.1 Å². The van der Waals surface area contributed by atoms with Crippen LogP contribution < -0.4 is 5.32 Å². The second-order valence-electron chi connectivity index (χ2n) is 5.65. The molecule has 0 aliphatic heterocycles. The summed E-state index contributed by atoms with van der Waals surface area (Å²) in [5.74, 6) is 0.124. The van der Waals surface area contributed by atoms with Gasteiger partial charge in [0.05, 0.1) is 11.9 Å². The molecule has 24 heavy (non-hydrogen) atoms. The van der Waals surface area contributed by atoms with E-state index in [-0.39, 0.29) is 17.8 Å². The number of amides is 1. The van der Waals surface area contributed by atoms with E-state index in [1.807, 2.05) is 13.8 Å². The monoisotopic (exact) mass is 344 g/mol. The molecule has 0 spiro atoms. The van der Waals surface area contributed by atoms with Crippen LogP contribution in [0.4, 0.5) is 10.2 Å². The van der Waals surface area contributed by atoms with Crippen molar-refractivity contribution >= 4 is 23.1 Å². The van der Waals surface area contributed by atoms with Gasteiger partial charge in [0.1, 0.15) is 21.5 Å². The highest BCUT2D eigenvalue weighted by Crippen LogP contribution is 2.28. The molecule has 1 N–H and O–H groups in total. The number of hydrogen-bond acceptors (Lipinski definition) is 4. The summed E-state index contributed by atoms with van der Waals surface area (Å²) < 4.78 is 14.8. The number of carbonyl (C=O) groups excluding carboxylic acids is 1. The lowest BCUT2D eigenvalue weighted by Gasteiger charge is -2.11. The number of nitrogens with one attached hydrogen (secondary N) is 1. The van der Waals surface area contributed by atoms with Gasteiger partial charge in [0.25, 0.3) is 5.91 Å². The number of anilines is 1. The average Bonchev–Trinajstić information content (AvgIpc) is 3.14. The second kappa shape index (κ2) is 6.52. The van der Waals surface area contributed by atoms with Crippen molar-refractivity contribution in [3.63, 3.8) is 0 Å². The van der Waals surface area contributed by atoms with Crippen LogP contribution in [0, 0.1) is 12.7 Å². The van der Waals surface area contributed by atoms with Crippen LogP contribution >= 0.6 is 11.3 Å². The molecule has 2 heterocycles. The first kappa shape index (κ1) is 16.3. The minimum Gasteiger partial charge on any atom is -0.306 e. The Bertz CT molecular complexity index is 867. The fraction of sp³-hybridized carbons (Fsp3) is 0.235. The minimum absolute atomic E-state index is 0.146. The minimum atomic E-state index is -0.299. The predicted octanol–water partition coefficient (Wildman–Crippen LogP) is 4.29. The first-order chi connectivity index (χ1) is 11.5. The molecule has 1 amide bonds. The number of thiazole rings is 1. The van der Waals surface area contributed by atoms with Gasteiger partial charge in [0.2, 0.25) is 0 Å². The topological polar surface area (TPSA) is 59.8 Å². The largest absolute Gasteiger partial charge is 0.306 e. The van der Waals surface area contributed by atoms with Crippen molar-refractivity contribution in [1.82, 2.24) is 14.8 Å². The van der Waals surface area contributed by atoms with E-state index in [4.69, 9.17) is 0 Å². The fourth-order valence-corrected chi connectivity index (χ4v) is 3.29. The van der Waals surface area contributed by atoms with Crippen molar-refractivity contribution < 1.29 is 9.18 Å². The third kappa shape index (κ3) is 3.21. The summed E-state index contributed by atoms with van der Waals surface area (Å²) in [5, 5.41) is 7.76. The first-order valence-electron chi connectivity index (χ1n) is 7.54. The van der Waals surface area contributed by atoms with E-state index in [2.05, 4.69) is 15.4 Å². The smallest absolute Gasteiger partial charge is 0.268 e. The van der Waals surface area contributed by atoms with Gasteiger partial charge in [0.15, 0.2) is 0 Å². The van der Waals surface area contributed by atoms with Gasteiger partial charge in [-0.1, -0.05) is 0 Å². The van der Waals surface area contributed by atoms with Gasteiger partial charge in [-0.05, 0) is 45.0 Å². The van der Waals surface area contributed by atoms with Gasteiger partial charge in [-0.15, -0.1) is 11.3 Å². The van der Waals surface area contributed by atoms with Crippen LogP contribution in [0.1, 0.15) is 35.3 Å². The van der Waals surface area contributed by atoms with Crippen LogP contribution in [0.25, 0.3) is 10.6 Å². The number of hydrogen-bond donors (Lipinski definition) is 1. The Morgan fingerprint density at radius 1 is 1.25 bits per heavy atom. The highest BCUT2D eigenvalue weighted by molar-refractivity contribution is 7.17. The number of carbonyl (C=O) groups is 1. The summed E-state index contributed by atoms with van der Waals surface area (Å²) in [7, 11) is 0. The molecular weight excluding hydrogens is 327 g/mol. The van der Waals surface area contributed by atoms with Crippen LogP contribution in [0.3, 0.4) is 0 Å². The molecule has 0 bridgehead atoms. The summed E-state index contributed by atoms with van der Waals surface area (Å²) >= 11 is 1.29. The Balaban J connectivity index is 1.85. The number of aryl methyl sites for hydroxylation is 1. The highest BCUT2D eigenvalue weighted by Gasteiger charge is 2.18. The van der Waals surface area contributed by atoms with Crippen molar-refractivity contribution in [2.24, 2.45) is 0 Å². The standard InChI is InChI=1S/C17H17FN4OS/c1-10(2)22-14(8-9-19-22)21-16(23)15-11(3)20-17(24-15)12-4-6-13(18)7-5-12/h4-10H,1-3H3,(H,21,23).